The van der Waals surface area contributed by atoms with Crippen molar-refractivity contribution in [1.29, 1.82) is 0 Å². The molecule has 0 aliphatic carbocycles. The molecule has 0 fully saturated rings. The first-order valence-corrected chi connectivity index (χ1v) is 13.6. The van der Waals surface area contributed by atoms with Gasteiger partial charge in [-0.2, -0.15) is 0 Å². The molecule has 4 rings (SSSR count). The SMILES string of the molecule is Oc1c(Cl)cc(CCc2ccc(Cl)c(O)c2Cl)cc1-c1cc(CCc2ccc(Cl)c(O)c2Cl)cc(Cl)c1O. The largest absolute Gasteiger partial charge is 0.506 e. The van der Waals surface area contributed by atoms with Crippen LogP contribution in [0.2, 0.25) is 30.1 Å². The minimum absolute atomic E-state index is 0.104. The van der Waals surface area contributed by atoms with Crippen molar-refractivity contribution in [1.82, 2.24) is 0 Å². The average molecular weight is 633 g/mol. The number of phenols is 4. The summed E-state index contributed by atoms with van der Waals surface area (Å²) in [6.45, 7) is 0. The van der Waals surface area contributed by atoms with Crippen molar-refractivity contribution >= 4 is 69.6 Å². The molecule has 198 valence electrons. The zero-order chi connectivity index (χ0) is 27.7. The van der Waals surface area contributed by atoms with Gasteiger partial charge >= 0.3 is 0 Å². The number of hydrogen-bond donors (Lipinski definition) is 4. The highest BCUT2D eigenvalue weighted by atomic mass is 35.5. The molecule has 0 spiro atoms. The van der Waals surface area contributed by atoms with E-state index >= 15 is 0 Å². The van der Waals surface area contributed by atoms with Gasteiger partial charge in [-0.05, 0) is 84.3 Å². The number of aryl methyl sites for hydroxylation is 4. The fourth-order valence-electron chi connectivity index (χ4n) is 4.12. The summed E-state index contributed by atoms with van der Waals surface area (Å²) in [4.78, 5) is 0. The number of hydrogen-bond acceptors (Lipinski definition) is 4. The second-order valence-corrected chi connectivity index (χ2v) is 11.1. The molecule has 0 amide bonds. The van der Waals surface area contributed by atoms with E-state index in [-0.39, 0.29) is 53.1 Å². The van der Waals surface area contributed by atoms with Crippen molar-refractivity contribution < 1.29 is 20.4 Å². The lowest BCUT2D eigenvalue weighted by Crippen LogP contribution is -1.96. The highest BCUT2D eigenvalue weighted by Crippen LogP contribution is 2.44. The summed E-state index contributed by atoms with van der Waals surface area (Å²) in [6, 6.07) is 13.3. The van der Waals surface area contributed by atoms with Gasteiger partial charge in [0.05, 0.1) is 30.1 Å². The summed E-state index contributed by atoms with van der Waals surface area (Å²) in [5.74, 6) is -0.762. The predicted molar refractivity (Wildman–Crippen MR) is 156 cm³/mol. The van der Waals surface area contributed by atoms with Crippen molar-refractivity contribution in [3.63, 3.8) is 0 Å². The number of benzene rings is 4. The first-order chi connectivity index (χ1) is 18.0. The van der Waals surface area contributed by atoms with Crippen LogP contribution in [0.1, 0.15) is 22.3 Å². The monoisotopic (exact) mass is 630 g/mol. The Labute approximate surface area is 249 Å². The highest BCUT2D eigenvalue weighted by Gasteiger charge is 2.18. The molecular weight excluding hydrogens is 613 g/mol. The van der Waals surface area contributed by atoms with E-state index in [0.717, 1.165) is 11.1 Å². The van der Waals surface area contributed by atoms with Crippen LogP contribution < -0.4 is 0 Å². The summed E-state index contributed by atoms with van der Waals surface area (Å²) in [6.07, 6.45) is 1.87. The van der Waals surface area contributed by atoms with Crippen molar-refractivity contribution in [2.75, 3.05) is 0 Å². The summed E-state index contributed by atoms with van der Waals surface area (Å²) >= 11 is 37.0. The lowest BCUT2D eigenvalue weighted by Gasteiger charge is -2.15. The van der Waals surface area contributed by atoms with Gasteiger partial charge in [0.25, 0.3) is 0 Å². The number of aromatic hydroxyl groups is 4. The molecule has 10 heteroatoms. The van der Waals surface area contributed by atoms with Gasteiger partial charge in [-0.25, -0.2) is 0 Å². The minimum atomic E-state index is -0.202. The van der Waals surface area contributed by atoms with E-state index < -0.39 is 0 Å². The van der Waals surface area contributed by atoms with Crippen LogP contribution in [-0.4, -0.2) is 20.4 Å². The van der Waals surface area contributed by atoms with Crippen LogP contribution in [0, 0.1) is 0 Å². The van der Waals surface area contributed by atoms with E-state index in [2.05, 4.69) is 0 Å². The highest BCUT2D eigenvalue weighted by molar-refractivity contribution is 6.38. The maximum absolute atomic E-state index is 10.8. The van der Waals surface area contributed by atoms with Gasteiger partial charge in [-0.3, -0.25) is 0 Å². The van der Waals surface area contributed by atoms with Crippen LogP contribution in [0.15, 0.2) is 48.5 Å². The van der Waals surface area contributed by atoms with Crippen molar-refractivity contribution in [2.45, 2.75) is 25.7 Å². The molecule has 0 radical (unpaired) electrons. The van der Waals surface area contributed by atoms with Crippen LogP contribution in [0.25, 0.3) is 11.1 Å². The van der Waals surface area contributed by atoms with Gasteiger partial charge in [0, 0.05) is 11.1 Å². The molecule has 4 aromatic rings. The smallest absolute Gasteiger partial charge is 0.153 e. The molecule has 38 heavy (non-hydrogen) atoms. The van der Waals surface area contributed by atoms with Crippen LogP contribution >= 0.6 is 69.6 Å². The number of phenolic OH excluding ortho intramolecular Hbond substituents is 4. The van der Waals surface area contributed by atoms with Crippen LogP contribution in [0.5, 0.6) is 23.0 Å². The molecule has 0 saturated carbocycles. The van der Waals surface area contributed by atoms with E-state index in [1.807, 2.05) is 0 Å². The average Bonchev–Trinajstić information content (AvgIpc) is 2.89. The third-order valence-electron chi connectivity index (χ3n) is 6.20. The van der Waals surface area contributed by atoms with Crippen molar-refractivity contribution in [3.05, 3.63) is 101 Å². The first kappa shape index (κ1) is 28.8. The zero-order valence-electron chi connectivity index (χ0n) is 19.5. The Morgan fingerprint density at radius 3 is 1.16 bits per heavy atom. The Morgan fingerprint density at radius 2 is 0.789 bits per heavy atom. The van der Waals surface area contributed by atoms with Gasteiger partial charge < -0.3 is 20.4 Å². The van der Waals surface area contributed by atoms with Crippen LogP contribution in [0.4, 0.5) is 0 Å². The lowest BCUT2D eigenvalue weighted by atomic mass is 9.95. The molecule has 0 heterocycles. The molecule has 0 aliphatic rings. The van der Waals surface area contributed by atoms with Gasteiger partial charge in [-0.1, -0.05) is 81.7 Å². The number of rotatable bonds is 7. The zero-order valence-corrected chi connectivity index (χ0v) is 24.0. The Balaban J connectivity index is 1.64. The van der Waals surface area contributed by atoms with Crippen molar-refractivity contribution in [2.24, 2.45) is 0 Å². The molecule has 4 aromatic carbocycles. The summed E-state index contributed by atoms with van der Waals surface area (Å²) in [5, 5.41) is 42.4. The summed E-state index contributed by atoms with van der Waals surface area (Å²) in [7, 11) is 0. The number of halogens is 6. The molecule has 4 nitrogen and oxygen atoms in total. The Kier molecular flexibility index (Phi) is 9.03. The quantitative estimate of drug-likeness (QED) is 0.164. The van der Waals surface area contributed by atoms with Gasteiger partial charge in [0.2, 0.25) is 0 Å². The topological polar surface area (TPSA) is 80.9 Å². The van der Waals surface area contributed by atoms with Crippen molar-refractivity contribution in [3.8, 4) is 34.1 Å². The van der Waals surface area contributed by atoms with E-state index in [0.29, 0.717) is 47.9 Å². The third-order valence-corrected chi connectivity index (χ3v) is 8.23. The molecule has 0 saturated heterocycles. The van der Waals surface area contributed by atoms with E-state index in [4.69, 9.17) is 69.6 Å². The predicted octanol–water partition coefficient (Wildman–Crippen LogP) is 9.67. The first-order valence-electron chi connectivity index (χ1n) is 11.3. The Morgan fingerprint density at radius 1 is 0.421 bits per heavy atom. The van der Waals surface area contributed by atoms with Gasteiger partial charge in [0.15, 0.2) is 11.5 Å². The van der Waals surface area contributed by atoms with Gasteiger partial charge in [-0.15, -0.1) is 0 Å². The fourth-order valence-corrected chi connectivity index (χ4v) is 5.53. The second kappa shape index (κ2) is 11.9. The summed E-state index contributed by atoms with van der Waals surface area (Å²) in [5.41, 5.74) is 3.52. The summed E-state index contributed by atoms with van der Waals surface area (Å²) < 4.78 is 0. The Hall–Kier alpha value is -2.18. The maximum Gasteiger partial charge on any atom is 0.153 e. The minimum Gasteiger partial charge on any atom is -0.506 e. The maximum atomic E-state index is 10.8. The van der Waals surface area contributed by atoms with Gasteiger partial charge in [0.1, 0.15) is 11.5 Å². The standard InChI is InChI=1S/C28H20Cl6O4/c29-19-7-5-15(23(33)27(19)37)3-1-13-9-17(25(35)21(31)11-13)18-10-14(12-22(32)26(18)36)2-4-16-6-8-20(30)28(38)24(16)34/h5-12,35-38H,1-4H2. The molecular formula is C28H20Cl6O4. The normalized spacial score (nSPS) is 11.2. The van der Waals surface area contributed by atoms with E-state index in [1.165, 1.54) is 0 Å². The molecule has 0 aromatic heterocycles. The van der Waals surface area contributed by atoms with E-state index in [9.17, 15) is 20.4 Å². The van der Waals surface area contributed by atoms with E-state index in [1.54, 1.807) is 48.5 Å². The van der Waals surface area contributed by atoms with Crippen LogP contribution in [-0.2, 0) is 25.7 Å². The molecule has 4 N–H and O–H groups in total. The lowest BCUT2D eigenvalue weighted by molar-refractivity contribution is 0.469. The molecule has 0 atom stereocenters. The molecule has 0 unspecified atom stereocenters. The fraction of sp³-hybridized carbons (Fsp3) is 0.143. The Bertz CT molecular complexity index is 1420. The molecule has 0 aliphatic heterocycles. The molecule has 0 bridgehead atoms. The second-order valence-electron chi connectivity index (χ2n) is 8.69. The van der Waals surface area contributed by atoms with Crippen LogP contribution in [0.3, 0.4) is 0 Å². The third kappa shape index (κ3) is 6.02.